The molecule has 0 bridgehead atoms. The van der Waals surface area contributed by atoms with E-state index in [1.165, 1.54) is 4.90 Å². The molecule has 0 aromatic heterocycles. The summed E-state index contributed by atoms with van der Waals surface area (Å²) in [6.45, 7) is 4.34. The zero-order chi connectivity index (χ0) is 12.6. The van der Waals surface area contributed by atoms with E-state index < -0.39 is 24.6 Å². The Kier molecular flexibility index (Phi) is 7.28. The van der Waals surface area contributed by atoms with Crippen LogP contribution in [0.25, 0.3) is 0 Å². The Morgan fingerprint density at radius 2 is 2.00 bits per heavy atom. The average molecular weight is 232 g/mol. The number of hydrogen-bond acceptors (Lipinski definition) is 3. The van der Waals surface area contributed by atoms with Gasteiger partial charge in [-0.1, -0.05) is 13.3 Å². The maximum atomic E-state index is 11.6. The fourth-order valence-electron chi connectivity index (χ4n) is 1.18. The number of nitrogens with one attached hydrogen (secondary N) is 1. The van der Waals surface area contributed by atoms with Gasteiger partial charge in [0, 0.05) is 13.1 Å². The molecule has 0 radical (unpaired) electrons. The van der Waals surface area contributed by atoms with Gasteiger partial charge < -0.3 is 20.4 Å². The monoisotopic (exact) mass is 232 g/mol. The third-order valence-corrected chi connectivity index (χ3v) is 2.23. The van der Waals surface area contributed by atoms with Crippen molar-refractivity contribution in [1.29, 1.82) is 0 Å². The Bertz CT molecular complexity index is 233. The van der Waals surface area contributed by atoms with Crippen molar-refractivity contribution < 1.29 is 19.8 Å². The van der Waals surface area contributed by atoms with Crippen molar-refractivity contribution in [3.63, 3.8) is 0 Å². The molecule has 94 valence electrons. The second-order valence-corrected chi connectivity index (χ2v) is 3.46. The molecule has 0 heterocycles. The number of amides is 2. The highest BCUT2D eigenvalue weighted by Gasteiger charge is 2.21. The number of carboxylic acids is 1. The number of rotatable bonds is 7. The van der Waals surface area contributed by atoms with Crippen molar-refractivity contribution in [2.45, 2.75) is 32.7 Å². The predicted molar refractivity (Wildman–Crippen MR) is 59.2 cm³/mol. The molecule has 6 nitrogen and oxygen atoms in total. The Morgan fingerprint density at radius 1 is 1.38 bits per heavy atom. The van der Waals surface area contributed by atoms with E-state index in [1.54, 1.807) is 0 Å². The van der Waals surface area contributed by atoms with Gasteiger partial charge >= 0.3 is 12.0 Å². The zero-order valence-electron chi connectivity index (χ0n) is 9.77. The van der Waals surface area contributed by atoms with E-state index >= 15 is 0 Å². The molecule has 6 heteroatoms. The van der Waals surface area contributed by atoms with Gasteiger partial charge in [0.2, 0.25) is 0 Å². The van der Waals surface area contributed by atoms with E-state index in [4.69, 9.17) is 10.2 Å². The van der Waals surface area contributed by atoms with Gasteiger partial charge in [-0.2, -0.15) is 0 Å². The standard InChI is InChI=1S/C10H20N2O4/c1-3-5-6-12(4-2)10(16)11-8(7-13)9(14)15/h8,13H,3-7H2,1-2H3,(H,11,16)(H,14,15)/t8-/m0/s1. The normalized spacial score (nSPS) is 11.9. The summed E-state index contributed by atoms with van der Waals surface area (Å²) in [6, 6.07) is -1.68. The van der Waals surface area contributed by atoms with Crippen molar-refractivity contribution in [3.05, 3.63) is 0 Å². The van der Waals surface area contributed by atoms with Crippen LogP contribution in [0.2, 0.25) is 0 Å². The summed E-state index contributed by atoms with van der Waals surface area (Å²) in [7, 11) is 0. The molecule has 0 saturated heterocycles. The van der Waals surface area contributed by atoms with Gasteiger partial charge in [0.05, 0.1) is 6.61 Å². The molecule has 0 aliphatic heterocycles. The quantitative estimate of drug-likeness (QED) is 0.587. The van der Waals surface area contributed by atoms with Crippen LogP contribution in [0.4, 0.5) is 4.79 Å². The van der Waals surface area contributed by atoms with E-state index in [-0.39, 0.29) is 0 Å². The van der Waals surface area contributed by atoms with E-state index in [2.05, 4.69) is 5.32 Å². The average Bonchev–Trinajstić information content (AvgIpc) is 2.26. The Morgan fingerprint density at radius 3 is 2.38 bits per heavy atom. The Labute approximate surface area is 95.2 Å². The van der Waals surface area contributed by atoms with Crippen molar-refractivity contribution >= 4 is 12.0 Å². The third-order valence-electron chi connectivity index (χ3n) is 2.23. The summed E-state index contributed by atoms with van der Waals surface area (Å²) in [5.41, 5.74) is 0. The van der Waals surface area contributed by atoms with Crippen LogP contribution in [0.5, 0.6) is 0 Å². The van der Waals surface area contributed by atoms with Gasteiger partial charge in [0.15, 0.2) is 6.04 Å². The predicted octanol–water partition coefficient (Wildman–Crippen LogP) is 0.263. The molecular formula is C10H20N2O4. The van der Waals surface area contributed by atoms with Gasteiger partial charge in [0.1, 0.15) is 0 Å². The van der Waals surface area contributed by atoms with Gasteiger partial charge in [-0.3, -0.25) is 0 Å². The molecule has 3 N–H and O–H groups in total. The molecule has 0 aliphatic carbocycles. The Hall–Kier alpha value is -1.30. The number of carbonyl (C=O) groups is 2. The summed E-state index contributed by atoms with van der Waals surface area (Å²) in [6.07, 6.45) is 1.84. The van der Waals surface area contributed by atoms with Crippen molar-refractivity contribution in [1.82, 2.24) is 10.2 Å². The minimum atomic E-state index is -1.23. The number of carboxylic acid groups (broad SMARTS) is 1. The highest BCUT2D eigenvalue weighted by Crippen LogP contribution is 1.96. The zero-order valence-corrected chi connectivity index (χ0v) is 9.77. The first-order chi connectivity index (χ1) is 7.56. The van der Waals surface area contributed by atoms with Crippen molar-refractivity contribution in [2.24, 2.45) is 0 Å². The molecule has 0 aliphatic rings. The summed E-state index contributed by atoms with van der Waals surface area (Å²) in [4.78, 5) is 23.7. The minimum Gasteiger partial charge on any atom is -0.480 e. The molecule has 0 fully saturated rings. The van der Waals surface area contributed by atoms with E-state index in [1.807, 2.05) is 13.8 Å². The molecule has 1 atom stereocenters. The van der Waals surface area contributed by atoms with Crippen LogP contribution in [0.3, 0.4) is 0 Å². The van der Waals surface area contributed by atoms with E-state index in [0.717, 1.165) is 12.8 Å². The fourth-order valence-corrected chi connectivity index (χ4v) is 1.18. The Balaban J connectivity index is 4.23. The summed E-state index contributed by atoms with van der Waals surface area (Å²) < 4.78 is 0. The van der Waals surface area contributed by atoms with Gasteiger partial charge in [-0.05, 0) is 13.3 Å². The number of aliphatic hydroxyl groups excluding tert-OH is 1. The lowest BCUT2D eigenvalue weighted by Crippen LogP contribution is -2.49. The third kappa shape index (κ3) is 4.97. The number of aliphatic carboxylic acids is 1. The smallest absolute Gasteiger partial charge is 0.328 e. The number of carbonyl (C=O) groups excluding carboxylic acids is 1. The first kappa shape index (κ1) is 14.7. The number of hydrogen-bond donors (Lipinski definition) is 3. The van der Waals surface area contributed by atoms with E-state index in [0.29, 0.717) is 13.1 Å². The topological polar surface area (TPSA) is 89.9 Å². The minimum absolute atomic E-state index is 0.447. The first-order valence-electron chi connectivity index (χ1n) is 5.45. The van der Waals surface area contributed by atoms with Crippen LogP contribution in [-0.4, -0.2) is 52.9 Å². The number of aliphatic hydroxyl groups is 1. The lowest BCUT2D eigenvalue weighted by molar-refractivity contribution is -0.140. The lowest BCUT2D eigenvalue weighted by Gasteiger charge is -2.23. The maximum Gasteiger partial charge on any atom is 0.328 e. The molecule has 0 rings (SSSR count). The maximum absolute atomic E-state index is 11.6. The molecule has 2 amide bonds. The number of nitrogens with zero attached hydrogens (tertiary/aromatic N) is 1. The molecule has 0 aromatic rings. The van der Waals surface area contributed by atoms with Crippen molar-refractivity contribution in [2.75, 3.05) is 19.7 Å². The number of unbranched alkanes of at least 4 members (excludes halogenated alkanes) is 1. The highest BCUT2D eigenvalue weighted by molar-refractivity contribution is 5.82. The van der Waals surface area contributed by atoms with Crippen molar-refractivity contribution in [3.8, 4) is 0 Å². The summed E-state index contributed by atoms with van der Waals surface area (Å²) in [5, 5.41) is 19.7. The lowest BCUT2D eigenvalue weighted by atomic mass is 10.3. The van der Waals surface area contributed by atoms with Gasteiger partial charge in [-0.25, -0.2) is 9.59 Å². The van der Waals surface area contributed by atoms with Gasteiger partial charge in [-0.15, -0.1) is 0 Å². The second kappa shape index (κ2) is 7.92. The summed E-state index contributed by atoms with van der Waals surface area (Å²) >= 11 is 0. The SMILES string of the molecule is CCCCN(CC)C(=O)N[C@@H](CO)C(=O)O. The molecule has 0 unspecified atom stereocenters. The van der Waals surface area contributed by atoms with Crippen LogP contribution in [-0.2, 0) is 4.79 Å². The fraction of sp³-hybridized carbons (Fsp3) is 0.800. The second-order valence-electron chi connectivity index (χ2n) is 3.46. The molecule has 0 spiro atoms. The van der Waals surface area contributed by atoms with Crippen LogP contribution in [0.15, 0.2) is 0 Å². The van der Waals surface area contributed by atoms with Gasteiger partial charge in [0.25, 0.3) is 0 Å². The van der Waals surface area contributed by atoms with E-state index in [9.17, 15) is 9.59 Å². The van der Waals surface area contributed by atoms with Crippen LogP contribution in [0.1, 0.15) is 26.7 Å². The number of urea groups is 1. The van der Waals surface area contributed by atoms with Crippen LogP contribution < -0.4 is 5.32 Å². The summed E-state index contributed by atoms with van der Waals surface area (Å²) in [5.74, 6) is -1.23. The molecule has 0 saturated carbocycles. The molecular weight excluding hydrogens is 212 g/mol. The van der Waals surface area contributed by atoms with Crippen LogP contribution >= 0.6 is 0 Å². The first-order valence-corrected chi connectivity index (χ1v) is 5.45. The molecule has 0 aromatic carbocycles. The molecule has 16 heavy (non-hydrogen) atoms. The largest absolute Gasteiger partial charge is 0.480 e. The van der Waals surface area contributed by atoms with Crippen LogP contribution in [0, 0.1) is 0 Å². The highest BCUT2D eigenvalue weighted by atomic mass is 16.4.